The summed E-state index contributed by atoms with van der Waals surface area (Å²) in [7, 11) is 0. The Bertz CT molecular complexity index is 270. The number of carbonyl (C=O) groups excluding carboxylic acids is 1. The average Bonchev–Trinajstić information content (AvgIpc) is 2.33. The Hall–Kier alpha value is -0.320. The minimum Gasteiger partial charge on any atom is -0.378 e. The summed E-state index contributed by atoms with van der Waals surface area (Å²) in [6, 6.07) is 0.615. The number of ether oxygens (including phenoxy) is 1. The molecule has 2 aliphatic heterocycles. The monoisotopic (exact) mass is 276 g/mol. The van der Waals surface area contributed by atoms with E-state index >= 15 is 0 Å². The van der Waals surface area contributed by atoms with Crippen molar-refractivity contribution < 1.29 is 9.53 Å². The fraction of sp³-hybridized carbons (Fsp3) is 0.923. The minimum atomic E-state index is 0. The summed E-state index contributed by atoms with van der Waals surface area (Å²) < 4.78 is 5.39. The molecule has 2 aliphatic rings. The molecule has 1 amide bonds. The van der Waals surface area contributed by atoms with E-state index in [9.17, 15) is 4.79 Å². The van der Waals surface area contributed by atoms with E-state index in [0.29, 0.717) is 25.0 Å². The third-order valence-corrected chi connectivity index (χ3v) is 3.86. The zero-order valence-corrected chi connectivity index (χ0v) is 12.2. The maximum absolute atomic E-state index is 12.3. The van der Waals surface area contributed by atoms with Crippen molar-refractivity contribution in [3.8, 4) is 0 Å². The molecule has 106 valence electrons. The molecule has 0 radical (unpaired) electrons. The van der Waals surface area contributed by atoms with Crippen LogP contribution in [0.3, 0.4) is 0 Å². The molecule has 4 nitrogen and oxygen atoms in total. The van der Waals surface area contributed by atoms with Gasteiger partial charge in [0.25, 0.3) is 0 Å². The van der Waals surface area contributed by atoms with Crippen LogP contribution in [-0.2, 0) is 9.53 Å². The van der Waals surface area contributed by atoms with Gasteiger partial charge < -0.3 is 15.0 Å². The van der Waals surface area contributed by atoms with Gasteiger partial charge in [-0.15, -0.1) is 12.4 Å². The number of rotatable bonds is 2. The van der Waals surface area contributed by atoms with Gasteiger partial charge in [0.2, 0.25) is 5.91 Å². The number of carbonyl (C=O) groups is 1. The summed E-state index contributed by atoms with van der Waals surface area (Å²) in [6.45, 7) is 7.62. The lowest BCUT2D eigenvalue weighted by atomic mass is 9.94. The number of halogens is 1. The largest absolute Gasteiger partial charge is 0.378 e. The quantitative estimate of drug-likeness (QED) is 0.830. The van der Waals surface area contributed by atoms with Crippen LogP contribution in [0.25, 0.3) is 0 Å². The highest BCUT2D eigenvalue weighted by atomic mass is 35.5. The molecule has 3 unspecified atom stereocenters. The van der Waals surface area contributed by atoms with Crippen molar-refractivity contribution in [1.29, 1.82) is 0 Å². The Morgan fingerprint density at radius 1 is 1.39 bits per heavy atom. The summed E-state index contributed by atoms with van der Waals surface area (Å²) in [5.41, 5.74) is 0. The molecule has 18 heavy (non-hydrogen) atoms. The van der Waals surface area contributed by atoms with Crippen molar-refractivity contribution in [2.45, 2.75) is 45.2 Å². The SMILES string of the molecule is CC1CCC(C)N(C(=O)CC2COCCN2)C1.Cl. The molecular weight excluding hydrogens is 252 g/mol. The van der Waals surface area contributed by atoms with Gasteiger partial charge in [0.15, 0.2) is 0 Å². The number of amides is 1. The number of hydrogen-bond donors (Lipinski definition) is 1. The molecular formula is C13H25ClN2O2. The average molecular weight is 277 g/mol. The molecule has 5 heteroatoms. The van der Waals surface area contributed by atoms with E-state index in [4.69, 9.17) is 4.74 Å². The summed E-state index contributed by atoms with van der Waals surface area (Å²) in [5.74, 6) is 0.928. The number of likely N-dealkylation sites (tertiary alicyclic amines) is 1. The van der Waals surface area contributed by atoms with E-state index in [1.807, 2.05) is 0 Å². The standard InChI is InChI=1S/C13H24N2O2.ClH/c1-10-3-4-11(2)15(8-10)13(16)7-12-9-17-6-5-14-12;/h10-12,14H,3-9H2,1-2H3;1H. The van der Waals surface area contributed by atoms with Gasteiger partial charge in [-0.3, -0.25) is 4.79 Å². The van der Waals surface area contributed by atoms with Crippen LogP contribution in [0.1, 0.15) is 33.1 Å². The molecule has 0 aliphatic carbocycles. The second kappa shape index (κ2) is 7.31. The van der Waals surface area contributed by atoms with Gasteiger partial charge in [0.1, 0.15) is 0 Å². The van der Waals surface area contributed by atoms with Gasteiger partial charge in [0, 0.05) is 31.6 Å². The predicted molar refractivity (Wildman–Crippen MR) is 74.0 cm³/mol. The maximum Gasteiger partial charge on any atom is 0.224 e. The molecule has 1 N–H and O–H groups in total. The Kier molecular flexibility index (Phi) is 6.39. The van der Waals surface area contributed by atoms with Gasteiger partial charge >= 0.3 is 0 Å². The minimum absolute atomic E-state index is 0. The molecule has 2 saturated heterocycles. The number of nitrogens with one attached hydrogen (secondary N) is 1. The molecule has 0 spiro atoms. The van der Waals surface area contributed by atoms with Crippen LogP contribution in [0.15, 0.2) is 0 Å². The van der Waals surface area contributed by atoms with Crippen LogP contribution >= 0.6 is 12.4 Å². The van der Waals surface area contributed by atoms with Crippen LogP contribution in [0.2, 0.25) is 0 Å². The first kappa shape index (κ1) is 15.7. The normalized spacial score (nSPS) is 32.8. The summed E-state index contributed by atoms with van der Waals surface area (Å²) >= 11 is 0. The van der Waals surface area contributed by atoms with Crippen molar-refractivity contribution >= 4 is 18.3 Å². The van der Waals surface area contributed by atoms with Crippen LogP contribution in [0, 0.1) is 5.92 Å². The summed E-state index contributed by atoms with van der Waals surface area (Å²) in [4.78, 5) is 14.3. The summed E-state index contributed by atoms with van der Waals surface area (Å²) in [5, 5.41) is 3.34. The predicted octanol–water partition coefficient (Wildman–Crippen LogP) is 1.43. The number of hydrogen-bond acceptors (Lipinski definition) is 3. The zero-order valence-electron chi connectivity index (χ0n) is 11.4. The molecule has 2 fully saturated rings. The third kappa shape index (κ3) is 4.11. The molecule has 0 aromatic heterocycles. The first-order valence-corrected chi connectivity index (χ1v) is 6.77. The Morgan fingerprint density at radius 3 is 2.83 bits per heavy atom. The number of nitrogens with zero attached hydrogens (tertiary/aromatic N) is 1. The van der Waals surface area contributed by atoms with Gasteiger partial charge in [-0.1, -0.05) is 6.92 Å². The van der Waals surface area contributed by atoms with E-state index < -0.39 is 0 Å². The van der Waals surface area contributed by atoms with Crippen molar-refractivity contribution in [2.75, 3.05) is 26.3 Å². The molecule has 2 rings (SSSR count). The van der Waals surface area contributed by atoms with Gasteiger partial charge in [-0.05, 0) is 25.7 Å². The molecule has 0 aromatic rings. The number of morpholine rings is 1. The fourth-order valence-corrected chi connectivity index (χ4v) is 2.72. The third-order valence-electron chi connectivity index (χ3n) is 3.86. The van der Waals surface area contributed by atoms with Crippen molar-refractivity contribution in [1.82, 2.24) is 10.2 Å². The van der Waals surface area contributed by atoms with Crippen molar-refractivity contribution in [3.63, 3.8) is 0 Å². The first-order valence-electron chi connectivity index (χ1n) is 6.77. The van der Waals surface area contributed by atoms with E-state index in [1.54, 1.807) is 0 Å². The lowest BCUT2D eigenvalue weighted by Gasteiger charge is -2.38. The maximum atomic E-state index is 12.3. The lowest BCUT2D eigenvalue weighted by Crippen LogP contribution is -2.49. The topological polar surface area (TPSA) is 41.6 Å². The van der Waals surface area contributed by atoms with Gasteiger partial charge in [0.05, 0.1) is 13.2 Å². The molecule has 3 atom stereocenters. The first-order chi connectivity index (χ1) is 8.16. The van der Waals surface area contributed by atoms with E-state index in [0.717, 1.165) is 26.1 Å². The highest BCUT2D eigenvalue weighted by Gasteiger charge is 2.28. The van der Waals surface area contributed by atoms with Crippen LogP contribution in [0.4, 0.5) is 0 Å². The number of piperidine rings is 1. The van der Waals surface area contributed by atoms with E-state index in [1.165, 1.54) is 6.42 Å². The smallest absolute Gasteiger partial charge is 0.224 e. The second-order valence-electron chi connectivity index (χ2n) is 5.51. The molecule has 0 saturated carbocycles. The van der Waals surface area contributed by atoms with Crippen molar-refractivity contribution in [3.05, 3.63) is 0 Å². The molecule has 0 bridgehead atoms. The second-order valence-corrected chi connectivity index (χ2v) is 5.51. The zero-order chi connectivity index (χ0) is 12.3. The lowest BCUT2D eigenvalue weighted by molar-refractivity contribution is -0.136. The van der Waals surface area contributed by atoms with Crippen LogP contribution in [0.5, 0.6) is 0 Å². The van der Waals surface area contributed by atoms with E-state index in [2.05, 4.69) is 24.1 Å². The highest BCUT2D eigenvalue weighted by molar-refractivity contribution is 5.85. The fourth-order valence-electron chi connectivity index (χ4n) is 2.72. The van der Waals surface area contributed by atoms with Gasteiger partial charge in [-0.25, -0.2) is 0 Å². The molecule has 0 aromatic carbocycles. The highest BCUT2D eigenvalue weighted by Crippen LogP contribution is 2.22. The van der Waals surface area contributed by atoms with Crippen molar-refractivity contribution in [2.24, 2.45) is 5.92 Å². The Labute approximate surface area is 116 Å². The van der Waals surface area contributed by atoms with E-state index in [-0.39, 0.29) is 24.4 Å². The van der Waals surface area contributed by atoms with Gasteiger partial charge in [-0.2, -0.15) is 0 Å². The molecule has 2 heterocycles. The summed E-state index contributed by atoms with van der Waals surface area (Å²) in [6.07, 6.45) is 2.97. The Balaban J connectivity index is 0.00000162. The van der Waals surface area contributed by atoms with Crippen LogP contribution in [-0.4, -0.2) is 49.2 Å². The van der Waals surface area contributed by atoms with Crippen LogP contribution < -0.4 is 5.32 Å². The Morgan fingerprint density at radius 2 is 2.17 bits per heavy atom.